The molecule has 7 rings (SSSR count). The molecule has 0 aromatic heterocycles. The van der Waals surface area contributed by atoms with E-state index in [0.29, 0.717) is 44.8 Å². The fourth-order valence-electron chi connectivity index (χ4n) is 10.2. The number of rotatable bonds is 23. The fraction of sp³-hybridized carbons (Fsp3) is 0.632. The molecule has 2 amide bonds. The molecule has 3 aromatic carbocycles. The van der Waals surface area contributed by atoms with Crippen molar-refractivity contribution in [1.82, 2.24) is 4.90 Å². The zero-order valence-corrected chi connectivity index (χ0v) is 46.1. The zero-order valence-electron chi connectivity index (χ0n) is 45.1. The average Bonchev–Trinajstić information content (AvgIpc) is 3.91. The van der Waals surface area contributed by atoms with Crippen molar-refractivity contribution in [3.05, 3.63) is 102 Å². The lowest BCUT2D eigenvalue weighted by Gasteiger charge is -2.47. The highest BCUT2D eigenvalue weighted by Gasteiger charge is 2.51. The average molecular weight is 1030 g/mol. The number of benzene rings is 3. The van der Waals surface area contributed by atoms with E-state index in [4.69, 9.17) is 47.2 Å². The van der Waals surface area contributed by atoms with Crippen LogP contribution in [0.15, 0.2) is 90.1 Å². The summed E-state index contributed by atoms with van der Waals surface area (Å²) in [6.07, 6.45) is -0.265. The van der Waals surface area contributed by atoms with Crippen LogP contribution in [0.1, 0.15) is 130 Å². The van der Waals surface area contributed by atoms with Gasteiger partial charge in [-0.3, -0.25) is 4.79 Å². The van der Waals surface area contributed by atoms with Crippen LogP contribution in [0.4, 0.5) is 4.79 Å². The number of imide groups is 1. The summed E-state index contributed by atoms with van der Waals surface area (Å²) in [4.78, 5) is 35.5. The molecule has 15 nitrogen and oxygen atoms in total. The van der Waals surface area contributed by atoms with Crippen LogP contribution >= 0.6 is 0 Å². The Bertz CT molecular complexity index is 2260. The predicted molar refractivity (Wildman–Crippen MR) is 279 cm³/mol. The van der Waals surface area contributed by atoms with Crippen molar-refractivity contribution in [1.29, 1.82) is 0 Å². The largest absolute Gasteiger partial charge is 0.497 e. The number of ether oxygens (including phenoxy) is 8. The summed E-state index contributed by atoms with van der Waals surface area (Å²) in [6, 6.07) is 26.4. The molecule has 402 valence electrons. The molecule has 3 fully saturated rings. The van der Waals surface area contributed by atoms with E-state index in [1.54, 1.807) is 14.0 Å². The maximum absolute atomic E-state index is 14.7. The number of nitrogens with zero attached hydrogens (tertiary/aromatic N) is 2. The minimum absolute atomic E-state index is 0.0154. The van der Waals surface area contributed by atoms with Crippen molar-refractivity contribution in [2.75, 3.05) is 20.3 Å². The quantitative estimate of drug-likeness (QED) is 0.0706. The maximum atomic E-state index is 14.7. The Morgan fingerprint density at radius 2 is 1.40 bits per heavy atom. The van der Waals surface area contributed by atoms with Crippen LogP contribution in [-0.2, 0) is 60.4 Å². The first-order valence-corrected chi connectivity index (χ1v) is 29.2. The Morgan fingerprint density at radius 1 is 0.795 bits per heavy atom. The Hall–Kier alpha value is -4.23. The Labute approximate surface area is 434 Å². The summed E-state index contributed by atoms with van der Waals surface area (Å²) in [6.45, 7) is 22.5. The molecule has 0 unspecified atom stereocenters. The van der Waals surface area contributed by atoms with Crippen LogP contribution in [0.25, 0.3) is 0 Å². The smallest absolute Gasteiger partial charge is 0.417 e. The van der Waals surface area contributed by atoms with Gasteiger partial charge in [0, 0.05) is 38.9 Å². The molecular formula is C57H82N2O13Si. The molecule has 0 radical (unpaired) electrons. The molecule has 4 heterocycles. The minimum atomic E-state index is -2.31. The van der Waals surface area contributed by atoms with Gasteiger partial charge in [-0.1, -0.05) is 98.7 Å². The topological polar surface area (TPSA) is 162 Å². The van der Waals surface area contributed by atoms with E-state index in [1.165, 1.54) is 0 Å². The molecule has 10 atom stereocenters. The third-order valence-corrected chi connectivity index (χ3v) is 19.4. The fourth-order valence-corrected chi connectivity index (χ4v) is 11.6. The number of carbonyl (C=O) groups is 2. The van der Waals surface area contributed by atoms with E-state index in [-0.39, 0.29) is 55.0 Å². The predicted octanol–water partition coefficient (Wildman–Crippen LogP) is 10.8. The number of cyclic esters (lactones) is 1. The molecule has 0 saturated carbocycles. The molecule has 0 bridgehead atoms. The second-order valence-corrected chi connectivity index (χ2v) is 27.4. The SMILES string of the molecule is COc1ccc(COCC[C@H](O)[C@H](C(=O)N2C(=O)O[C@@H](c3ccccc3)[C@H]2C)[C@@H]2CC(C[C@@H]3C[C@H]([C@@H](CC[C@@H]4C[C@H](CCOCc5ccccc5)OC(C)(C)O4)O[Si](C)(C)C(C)(C)C)OC(C)(C)O3)=NO2)cc1. The monoisotopic (exact) mass is 1030 g/mol. The van der Waals surface area contributed by atoms with Crippen molar-refractivity contribution in [2.24, 2.45) is 11.1 Å². The summed E-state index contributed by atoms with van der Waals surface area (Å²) >= 11 is 0. The summed E-state index contributed by atoms with van der Waals surface area (Å²) < 4.78 is 56.8. The van der Waals surface area contributed by atoms with Crippen LogP contribution in [0, 0.1) is 5.92 Å². The normalized spacial score (nSPS) is 26.4. The first kappa shape index (κ1) is 56.5. The zero-order chi connectivity index (χ0) is 52.6. The van der Waals surface area contributed by atoms with Gasteiger partial charge in [-0.15, -0.1) is 0 Å². The second-order valence-electron chi connectivity index (χ2n) is 22.6. The van der Waals surface area contributed by atoms with Crippen molar-refractivity contribution in [3.63, 3.8) is 0 Å². The lowest BCUT2D eigenvalue weighted by atomic mass is 9.87. The Morgan fingerprint density at radius 3 is 2.05 bits per heavy atom. The number of aliphatic hydroxyl groups is 1. The van der Waals surface area contributed by atoms with Gasteiger partial charge in [-0.25, -0.2) is 9.69 Å². The third-order valence-electron chi connectivity index (χ3n) is 14.9. The molecule has 3 saturated heterocycles. The van der Waals surface area contributed by atoms with Crippen LogP contribution < -0.4 is 4.74 Å². The standard InChI is InChI=1S/C57H82N2O13Si/c1-38-52(41-20-16-13-17-21-41)66-54(62)59(38)53(61)51(47(60)29-31-65-37-40-22-24-43(63-9)25-23-40)50-33-42(58-71-50)32-46-35-49(70-57(7,8)69-46)48(72-73(10,11)55(2,3)4)27-26-44-34-45(68-56(5,6)67-44)28-30-64-36-39-18-14-12-15-19-39/h12-25,38,44-52,60H,26-37H2,1-11H3/t38-,44-,45+,46-,47+,48-,49-,50+,51+,52-/m1/s1. The van der Waals surface area contributed by atoms with Crippen LogP contribution in [0.5, 0.6) is 5.75 Å². The highest BCUT2D eigenvalue weighted by molar-refractivity contribution is 6.74. The van der Waals surface area contributed by atoms with Gasteiger partial charge in [0.1, 0.15) is 23.9 Å². The summed E-state index contributed by atoms with van der Waals surface area (Å²) in [5.41, 5.74) is 3.53. The van der Waals surface area contributed by atoms with Gasteiger partial charge in [-0.05, 0) is 107 Å². The van der Waals surface area contributed by atoms with Gasteiger partial charge in [0.05, 0.1) is 68.7 Å². The van der Waals surface area contributed by atoms with Gasteiger partial charge in [0.25, 0.3) is 0 Å². The summed E-state index contributed by atoms with van der Waals surface area (Å²) in [7, 11) is -0.696. The number of aliphatic hydroxyl groups excluding tert-OH is 1. The molecular weight excluding hydrogens is 949 g/mol. The van der Waals surface area contributed by atoms with E-state index in [9.17, 15) is 14.7 Å². The van der Waals surface area contributed by atoms with Gasteiger partial charge < -0.3 is 52.3 Å². The van der Waals surface area contributed by atoms with Crippen LogP contribution in [0.2, 0.25) is 18.1 Å². The minimum Gasteiger partial charge on any atom is -0.497 e. The highest BCUT2D eigenvalue weighted by atomic mass is 28.4. The molecule has 4 aliphatic rings. The van der Waals surface area contributed by atoms with Gasteiger partial charge in [0.2, 0.25) is 5.91 Å². The molecule has 1 N–H and O–H groups in total. The number of carbonyl (C=O) groups excluding carboxylic acids is 2. The van der Waals surface area contributed by atoms with Gasteiger partial charge in [0.15, 0.2) is 19.9 Å². The number of hydrogen-bond donors (Lipinski definition) is 1. The van der Waals surface area contributed by atoms with Crippen molar-refractivity contribution >= 4 is 26.0 Å². The number of oxime groups is 1. The van der Waals surface area contributed by atoms with E-state index < -0.39 is 62.2 Å². The van der Waals surface area contributed by atoms with E-state index in [0.717, 1.165) is 46.6 Å². The van der Waals surface area contributed by atoms with Crippen molar-refractivity contribution < 1.29 is 61.9 Å². The molecule has 0 spiro atoms. The van der Waals surface area contributed by atoms with Crippen LogP contribution in [0.3, 0.4) is 0 Å². The lowest BCUT2D eigenvalue weighted by Crippen LogP contribution is -2.54. The molecule has 4 aliphatic heterocycles. The van der Waals surface area contributed by atoms with E-state index in [1.807, 2.05) is 100 Å². The van der Waals surface area contributed by atoms with Crippen molar-refractivity contribution in [2.45, 2.75) is 205 Å². The van der Waals surface area contributed by atoms with E-state index in [2.05, 4.69) is 51.2 Å². The van der Waals surface area contributed by atoms with Crippen molar-refractivity contribution in [3.8, 4) is 5.75 Å². The van der Waals surface area contributed by atoms with Gasteiger partial charge in [-0.2, -0.15) is 0 Å². The Kier molecular flexibility index (Phi) is 19.1. The second kappa shape index (κ2) is 24.6. The Balaban J connectivity index is 1.02. The van der Waals surface area contributed by atoms with Gasteiger partial charge >= 0.3 is 6.09 Å². The first-order valence-electron chi connectivity index (χ1n) is 26.3. The summed E-state index contributed by atoms with van der Waals surface area (Å²) in [5, 5.41) is 16.4. The molecule has 16 heteroatoms. The molecule has 3 aromatic rings. The lowest BCUT2D eigenvalue weighted by molar-refractivity contribution is -0.313. The molecule has 73 heavy (non-hydrogen) atoms. The van der Waals surface area contributed by atoms with Crippen LogP contribution in [-0.4, -0.2) is 117 Å². The maximum Gasteiger partial charge on any atom is 0.417 e. The van der Waals surface area contributed by atoms with E-state index >= 15 is 0 Å². The number of methoxy groups -OCH3 is 1. The molecule has 0 aliphatic carbocycles. The highest BCUT2D eigenvalue weighted by Crippen LogP contribution is 2.42. The number of amides is 2. The first-order chi connectivity index (χ1) is 34.6. The third kappa shape index (κ3) is 15.4. The summed E-state index contributed by atoms with van der Waals surface area (Å²) in [5.74, 6) is -2.71. The number of hydrogen-bond acceptors (Lipinski definition) is 14.